The standard InChI is InChI=1S/C19H27N5O/c1-15(2)22(3)12-17-18-13-23(10-7-11-24(18)14-20-17)19(25)21-16-8-5-4-6-9-16/h4-6,8-9,14-15H,7,10-13H2,1-3H3,(H,21,25). The minimum atomic E-state index is -0.0518. The minimum Gasteiger partial charge on any atom is -0.333 e. The van der Waals surface area contributed by atoms with Gasteiger partial charge in [-0.3, -0.25) is 4.90 Å². The molecule has 0 saturated carbocycles. The molecule has 3 rings (SSSR count). The number of hydrogen-bond donors (Lipinski definition) is 1. The summed E-state index contributed by atoms with van der Waals surface area (Å²) >= 11 is 0. The molecule has 6 heteroatoms. The van der Waals surface area contributed by atoms with E-state index in [-0.39, 0.29) is 6.03 Å². The van der Waals surface area contributed by atoms with E-state index >= 15 is 0 Å². The first-order valence-electron chi connectivity index (χ1n) is 8.88. The van der Waals surface area contributed by atoms with Crippen LogP contribution in [0.3, 0.4) is 0 Å². The number of aromatic nitrogens is 2. The number of aryl methyl sites for hydroxylation is 1. The molecule has 0 bridgehead atoms. The fourth-order valence-electron chi connectivity index (χ4n) is 2.96. The second-order valence-electron chi connectivity index (χ2n) is 6.91. The first-order chi connectivity index (χ1) is 12.0. The predicted molar refractivity (Wildman–Crippen MR) is 99.3 cm³/mol. The van der Waals surface area contributed by atoms with Crippen molar-refractivity contribution in [1.82, 2.24) is 19.4 Å². The Morgan fingerprint density at radius 1 is 1.28 bits per heavy atom. The fraction of sp³-hybridized carbons (Fsp3) is 0.474. The first kappa shape index (κ1) is 17.5. The number of hydrogen-bond acceptors (Lipinski definition) is 3. The molecule has 0 unspecified atom stereocenters. The van der Waals surface area contributed by atoms with Crippen molar-refractivity contribution < 1.29 is 4.79 Å². The summed E-state index contributed by atoms with van der Waals surface area (Å²) in [5.74, 6) is 0. The maximum atomic E-state index is 12.7. The molecule has 0 radical (unpaired) electrons. The quantitative estimate of drug-likeness (QED) is 0.929. The Balaban J connectivity index is 1.73. The largest absolute Gasteiger partial charge is 0.333 e. The SMILES string of the molecule is CC(C)N(C)Cc1ncn2c1CN(C(=O)Nc1ccccc1)CCC2. The van der Waals surface area contributed by atoms with Crippen molar-refractivity contribution in [2.45, 2.75) is 45.9 Å². The third-order valence-corrected chi connectivity index (χ3v) is 4.79. The number of anilines is 1. The van der Waals surface area contributed by atoms with Crippen LogP contribution in [0.4, 0.5) is 10.5 Å². The van der Waals surface area contributed by atoms with Crippen molar-refractivity contribution >= 4 is 11.7 Å². The summed E-state index contributed by atoms with van der Waals surface area (Å²) in [5.41, 5.74) is 3.04. The number of carbonyl (C=O) groups is 1. The highest BCUT2D eigenvalue weighted by molar-refractivity contribution is 5.89. The Kier molecular flexibility index (Phi) is 5.38. The molecule has 1 aromatic carbocycles. The highest BCUT2D eigenvalue weighted by atomic mass is 16.2. The first-order valence-corrected chi connectivity index (χ1v) is 8.88. The molecule has 1 N–H and O–H groups in total. The van der Waals surface area contributed by atoms with Gasteiger partial charge in [-0.1, -0.05) is 18.2 Å². The van der Waals surface area contributed by atoms with Gasteiger partial charge in [0.05, 0.1) is 24.3 Å². The van der Waals surface area contributed by atoms with Crippen LogP contribution >= 0.6 is 0 Å². The smallest absolute Gasteiger partial charge is 0.322 e. The van der Waals surface area contributed by atoms with E-state index in [9.17, 15) is 4.79 Å². The van der Waals surface area contributed by atoms with Gasteiger partial charge in [-0.2, -0.15) is 0 Å². The molecular formula is C19H27N5O. The van der Waals surface area contributed by atoms with Crippen LogP contribution < -0.4 is 5.32 Å². The monoisotopic (exact) mass is 341 g/mol. The van der Waals surface area contributed by atoms with Crippen LogP contribution in [0.1, 0.15) is 31.7 Å². The summed E-state index contributed by atoms with van der Waals surface area (Å²) in [4.78, 5) is 21.4. The van der Waals surface area contributed by atoms with E-state index in [0.29, 0.717) is 12.6 Å². The fourth-order valence-corrected chi connectivity index (χ4v) is 2.96. The molecule has 1 aliphatic rings. The average molecular weight is 341 g/mol. The molecule has 0 atom stereocenters. The van der Waals surface area contributed by atoms with Crippen molar-refractivity contribution in [3.8, 4) is 0 Å². The molecule has 0 spiro atoms. The molecule has 6 nitrogen and oxygen atoms in total. The number of fused-ring (bicyclic) bond motifs is 1. The second kappa shape index (κ2) is 7.70. The number of carbonyl (C=O) groups excluding carboxylic acids is 1. The van der Waals surface area contributed by atoms with Crippen molar-refractivity contribution in [2.24, 2.45) is 0 Å². The second-order valence-corrected chi connectivity index (χ2v) is 6.91. The Bertz CT molecular complexity index is 710. The third kappa shape index (κ3) is 4.20. The van der Waals surface area contributed by atoms with Crippen molar-refractivity contribution in [3.05, 3.63) is 48.0 Å². The van der Waals surface area contributed by atoms with Crippen LogP contribution in [0, 0.1) is 0 Å². The van der Waals surface area contributed by atoms with E-state index in [1.54, 1.807) is 0 Å². The molecule has 0 aliphatic carbocycles. The molecular weight excluding hydrogens is 314 g/mol. The average Bonchev–Trinajstić information content (AvgIpc) is 2.83. The van der Waals surface area contributed by atoms with E-state index in [4.69, 9.17) is 0 Å². The van der Waals surface area contributed by atoms with Gasteiger partial charge >= 0.3 is 6.03 Å². The number of benzene rings is 1. The normalized spacial score (nSPS) is 14.5. The Morgan fingerprint density at radius 3 is 2.76 bits per heavy atom. The van der Waals surface area contributed by atoms with E-state index in [1.165, 1.54) is 0 Å². The van der Waals surface area contributed by atoms with Gasteiger partial charge in [0.2, 0.25) is 0 Å². The van der Waals surface area contributed by atoms with Crippen molar-refractivity contribution in [1.29, 1.82) is 0 Å². The molecule has 2 amide bonds. The van der Waals surface area contributed by atoms with Gasteiger partial charge in [0, 0.05) is 31.4 Å². The van der Waals surface area contributed by atoms with E-state index in [1.807, 2.05) is 41.6 Å². The summed E-state index contributed by atoms with van der Waals surface area (Å²) in [5, 5.41) is 2.99. The summed E-state index contributed by atoms with van der Waals surface area (Å²) in [6.07, 6.45) is 2.85. The number of urea groups is 1. The zero-order chi connectivity index (χ0) is 17.8. The van der Waals surface area contributed by atoms with Crippen LogP contribution in [-0.2, 0) is 19.6 Å². The maximum absolute atomic E-state index is 12.7. The van der Waals surface area contributed by atoms with Gasteiger partial charge in [0.15, 0.2) is 0 Å². The summed E-state index contributed by atoms with van der Waals surface area (Å²) < 4.78 is 2.19. The molecule has 0 saturated heterocycles. The molecule has 134 valence electrons. The number of nitrogens with zero attached hydrogens (tertiary/aromatic N) is 4. The van der Waals surface area contributed by atoms with Crippen LogP contribution in [-0.4, -0.2) is 45.0 Å². The number of imidazole rings is 1. The topological polar surface area (TPSA) is 53.4 Å². The number of para-hydroxylation sites is 1. The van der Waals surface area contributed by atoms with Crippen LogP contribution in [0.5, 0.6) is 0 Å². The number of nitrogens with one attached hydrogen (secondary N) is 1. The van der Waals surface area contributed by atoms with E-state index < -0.39 is 0 Å². The zero-order valence-corrected chi connectivity index (χ0v) is 15.3. The van der Waals surface area contributed by atoms with Gasteiger partial charge in [0.25, 0.3) is 0 Å². The van der Waals surface area contributed by atoms with Gasteiger partial charge in [-0.05, 0) is 39.4 Å². The molecule has 2 heterocycles. The number of rotatable bonds is 4. The Morgan fingerprint density at radius 2 is 2.04 bits per heavy atom. The lowest BCUT2D eigenvalue weighted by molar-refractivity contribution is 0.209. The van der Waals surface area contributed by atoms with Crippen LogP contribution in [0.2, 0.25) is 0 Å². The minimum absolute atomic E-state index is 0.0518. The van der Waals surface area contributed by atoms with Gasteiger partial charge in [-0.25, -0.2) is 9.78 Å². The van der Waals surface area contributed by atoms with Crippen molar-refractivity contribution in [3.63, 3.8) is 0 Å². The molecule has 1 aliphatic heterocycles. The summed E-state index contributed by atoms with van der Waals surface area (Å²) in [7, 11) is 2.10. The molecule has 25 heavy (non-hydrogen) atoms. The van der Waals surface area contributed by atoms with E-state index in [2.05, 4.69) is 40.7 Å². The highest BCUT2D eigenvalue weighted by Crippen LogP contribution is 2.19. The van der Waals surface area contributed by atoms with E-state index in [0.717, 1.165) is 43.1 Å². The Hall–Kier alpha value is -2.34. The van der Waals surface area contributed by atoms with Gasteiger partial charge < -0.3 is 14.8 Å². The Labute approximate surface area is 149 Å². The lowest BCUT2D eigenvalue weighted by atomic mass is 10.2. The molecule has 0 fully saturated rings. The molecule has 1 aromatic heterocycles. The van der Waals surface area contributed by atoms with Crippen LogP contribution in [0.15, 0.2) is 36.7 Å². The molecule has 2 aromatic rings. The van der Waals surface area contributed by atoms with Crippen LogP contribution in [0.25, 0.3) is 0 Å². The highest BCUT2D eigenvalue weighted by Gasteiger charge is 2.23. The predicted octanol–water partition coefficient (Wildman–Crippen LogP) is 3.16. The lowest BCUT2D eigenvalue weighted by Crippen LogP contribution is -2.35. The van der Waals surface area contributed by atoms with Crippen molar-refractivity contribution in [2.75, 3.05) is 18.9 Å². The third-order valence-electron chi connectivity index (χ3n) is 4.79. The number of amides is 2. The lowest BCUT2D eigenvalue weighted by Gasteiger charge is -2.23. The summed E-state index contributed by atoms with van der Waals surface area (Å²) in [6.45, 7) is 7.40. The summed E-state index contributed by atoms with van der Waals surface area (Å²) in [6, 6.07) is 10.0. The maximum Gasteiger partial charge on any atom is 0.322 e. The van der Waals surface area contributed by atoms with Gasteiger partial charge in [0.1, 0.15) is 0 Å². The zero-order valence-electron chi connectivity index (χ0n) is 15.3. The van der Waals surface area contributed by atoms with Gasteiger partial charge in [-0.15, -0.1) is 0 Å².